The molecule has 5 nitrogen and oxygen atoms in total. The Morgan fingerprint density at radius 1 is 1.52 bits per heavy atom. The van der Waals surface area contributed by atoms with Crippen LogP contribution in [-0.4, -0.2) is 42.5 Å². The van der Waals surface area contributed by atoms with E-state index in [2.05, 4.69) is 5.32 Å². The van der Waals surface area contributed by atoms with Gasteiger partial charge in [0.2, 0.25) is 5.91 Å². The Morgan fingerprint density at radius 3 is 3.00 bits per heavy atom. The number of carbonyl (C=O) groups excluding carboxylic acids is 2. The molecule has 1 amide bonds. The number of carbonyl (C=O) groups is 2. The fourth-order valence-corrected chi connectivity index (χ4v) is 2.55. The fourth-order valence-electron chi connectivity index (χ4n) is 2.38. The normalized spacial score (nSPS) is 19.2. The second-order valence-corrected chi connectivity index (χ2v) is 5.38. The molecule has 1 aliphatic rings. The van der Waals surface area contributed by atoms with Gasteiger partial charge in [-0.25, -0.2) is 0 Å². The Hall–Kier alpha value is -1.59. The summed E-state index contributed by atoms with van der Waals surface area (Å²) in [6.45, 7) is 5.56. The molecule has 1 atom stereocenters. The molecule has 1 saturated heterocycles. The number of nitrogens with zero attached hydrogens (tertiary/aromatic N) is 1. The average molecular weight is 311 g/mol. The van der Waals surface area contributed by atoms with Crippen LogP contribution in [0.3, 0.4) is 0 Å². The minimum Gasteiger partial charge on any atom is -0.463 e. The van der Waals surface area contributed by atoms with E-state index in [-0.39, 0.29) is 18.3 Å². The maximum absolute atomic E-state index is 12.2. The number of rotatable bonds is 4. The van der Waals surface area contributed by atoms with E-state index in [9.17, 15) is 9.59 Å². The number of nitrogens with one attached hydrogen (secondary N) is 1. The summed E-state index contributed by atoms with van der Waals surface area (Å²) in [5, 5.41) is 3.40. The number of ether oxygens (including phenoxy) is 1. The number of hydrogen-bond acceptors (Lipinski definition) is 4. The summed E-state index contributed by atoms with van der Waals surface area (Å²) in [7, 11) is 0. The van der Waals surface area contributed by atoms with Crippen molar-refractivity contribution in [2.24, 2.45) is 0 Å². The van der Waals surface area contributed by atoms with Crippen LogP contribution < -0.4 is 5.32 Å². The lowest BCUT2D eigenvalue weighted by Gasteiger charge is -2.32. The molecule has 114 valence electrons. The van der Waals surface area contributed by atoms with Gasteiger partial charge in [0.05, 0.1) is 6.42 Å². The number of esters is 1. The molecule has 0 aliphatic carbocycles. The van der Waals surface area contributed by atoms with Gasteiger partial charge in [-0.05, 0) is 31.2 Å². The molecule has 1 aromatic rings. The Balaban J connectivity index is 2.03. The summed E-state index contributed by atoms with van der Waals surface area (Å²) in [5.74, 6) is -0.552. The molecule has 0 saturated carbocycles. The van der Waals surface area contributed by atoms with Gasteiger partial charge in [-0.3, -0.25) is 14.5 Å². The highest BCUT2D eigenvalue weighted by Crippen LogP contribution is 2.23. The van der Waals surface area contributed by atoms with Crippen molar-refractivity contribution < 1.29 is 14.3 Å². The number of benzene rings is 1. The van der Waals surface area contributed by atoms with E-state index in [0.717, 1.165) is 5.56 Å². The van der Waals surface area contributed by atoms with E-state index in [1.807, 2.05) is 18.7 Å². The monoisotopic (exact) mass is 310 g/mol. The number of cyclic esters (lactones) is 1. The maximum Gasteiger partial charge on any atom is 0.323 e. The third-order valence-corrected chi connectivity index (χ3v) is 4.07. The number of anilines is 1. The summed E-state index contributed by atoms with van der Waals surface area (Å²) < 4.78 is 5.03. The van der Waals surface area contributed by atoms with E-state index in [0.29, 0.717) is 30.4 Å². The molecule has 0 aromatic heterocycles. The molecule has 21 heavy (non-hydrogen) atoms. The third kappa shape index (κ3) is 3.74. The minimum absolute atomic E-state index is 0.0820. The lowest BCUT2D eigenvalue weighted by molar-refractivity contribution is -0.158. The van der Waals surface area contributed by atoms with Gasteiger partial charge >= 0.3 is 5.97 Å². The highest BCUT2D eigenvalue weighted by molar-refractivity contribution is 6.31. The number of morpholine rings is 1. The molecule has 6 heteroatoms. The van der Waals surface area contributed by atoms with Gasteiger partial charge in [0.15, 0.2) is 0 Å². The van der Waals surface area contributed by atoms with Crippen LogP contribution in [0.4, 0.5) is 5.69 Å². The van der Waals surface area contributed by atoms with Crippen LogP contribution in [0.5, 0.6) is 0 Å². The van der Waals surface area contributed by atoms with E-state index < -0.39 is 6.04 Å². The first-order valence-electron chi connectivity index (χ1n) is 6.98. The highest BCUT2D eigenvalue weighted by atomic mass is 35.5. The van der Waals surface area contributed by atoms with Gasteiger partial charge < -0.3 is 10.1 Å². The molecule has 0 unspecified atom stereocenters. The van der Waals surface area contributed by atoms with Crippen molar-refractivity contribution in [3.8, 4) is 0 Å². The molecule has 0 radical (unpaired) electrons. The third-order valence-electron chi connectivity index (χ3n) is 3.66. The van der Waals surface area contributed by atoms with Crippen LogP contribution >= 0.6 is 11.6 Å². The van der Waals surface area contributed by atoms with E-state index in [1.54, 1.807) is 18.2 Å². The first-order chi connectivity index (χ1) is 10.0. The van der Waals surface area contributed by atoms with Gasteiger partial charge in [0.1, 0.15) is 12.6 Å². The average Bonchev–Trinajstić information content (AvgIpc) is 2.46. The summed E-state index contributed by atoms with van der Waals surface area (Å²) in [6, 6.07) is 4.82. The molecule has 1 aliphatic heterocycles. The largest absolute Gasteiger partial charge is 0.463 e. The Bertz CT molecular complexity index is 548. The van der Waals surface area contributed by atoms with Crippen LogP contribution in [0, 0.1) is 6.92 Å². The Kier molecular flexibility index (Phi) is 5.20. The molecule has 1 fully saturated rings. The second-order valence-electron chi connectivity index (χ2n) is 4.98. The number of hydrogen-bond donors (Lipinski definition) is 1. The maximum atomic E-state index is 12.2. The van der Waals surface area contributed by atoms with Gasteiger partial charge in [-0.2, -0.15) is 0 Å². The fraction of sp³-hybridized carbons (Fsp3) is 0.467. The van der Waals surface area contributed by atoms with Crippen LogP contribution in [0.1, 0.15) is 18.9 Å². The molecule has 0 bridgehead atoms. The van der Waals surface area contributed by atoms with Crippen molar-refractivity contribution >= 4 is 29.2 Å². The van der Waals surface area contributed by atoms with E-state index in [1.165, 1.54) is 0 Å². The molecule has 0 spiro atoms. The van der Waals surface area contributed by atoms with E-state index >= 15 is 0 Å². The van der Waals surface area contributed by atoms with Crippen LogP contribution in [0.25, 0.3) is 0 Å². The lowest BCUT2D eigenvalue weighted by Crippen LogP contribution is -2.50. The van der Waals surface area contributed by atoms with Gasteiger partial charge in [-0.15, -0.1) is 0 Å². The Labute approximate surface area is 129 Å². The first-order valence-corrected chi connectivity index (χ1v) is 7.36. The molecular weight excluding hydrogens is 292 g/mol. The van der Waals surface area contributed by atoms with Crippen molar-refractivity contribution in [2.75, 3.05) is 25.0 Å². The zero-order chi connectivity index (χ0) is 15.4. The molecule has 1 heterocycles. The summed E-state index contributed by atoms with van der Waals surface area (Å²) in [5.41, 5.74) is 1.48. The van der Waals surface area contributed by atoms with Crippen LogP contribution in [0.15, 0.2) is 18.2 Å². The highest BCUT2D eigenvalue weighted by Gasteiger charge is 2.32. The SMILES string of the molecule is CCN1CCOC(=O)[C@@H]1CC(=O)Nc1cccc(Cl)c1C. The summed E-state index contributed by atoms with van der Waals surface area (Å²) >= 11 is 6.02. The van der Waals surface area contributed by atoms with Crippen molar-refractivity contribution in [1.29, 1.82) is 0 Å². The van der Waals surface area contributed by atoms with Crippen molar-refractivity contribution in [1.82, 2.24) is 4.90 Å². The quantitative estimate of drug-likeness (QED) is 0.866. The van der Waals surface area contributed by atoms with Crippen LogP contribution in [0.2, 0.25) is 5.02 Å². The summed E-state index contributed by atoms with van der Waals surface area (Å²) in [4.78, 5) is 25.9. The van der Waals surface area contributed by atoms with Gasteiger partial charge in [0.25, 0.3) is 0 Å². The zero-order valence-electron chi connectivity index (χ0n) is 12.2. The van der Waals surface area contributed by atoms with Crippen molar-refractivity contribution in [3.63, 3.8) is 0 Å². The van der Waals surface area contributed by atoms with Crippen molar-refractivity contribution in [3.05, 3.63) is 28.8 Å². The molecular formula is C15H19ClN2O3. The predicted molar refractivity (Wildman–Crippen MR) is 81.4 cm³/mol. The summed E-state index contributed by atoms with van der Waals surface area (Å²) in [6.07, 6.45) is 0.0820. The molecule has 1 N–H and O–H groups in total. The second kappa shape index (κ2) is 6.91. The van der Waals surface area contributed by atoms with Crippen LogP contribution in [-0.2, 0) is 14.3 Å². The smallest absolute Gasteiger partial charge is 0.323 e. The topological polar surface area (TPSA) is 58.6 Å². The number of likely N-dealkylation sites (N-methyl/N-ethyl adjacent to an activating group) is 1. The number of halogens is 1. The van der Waals surface area contributed by atoms with E-state index in [4.69, 9.17) is 16.3 Å². The minimum atomic E-state index is -0.511. The molecule has 2 rings (SSSR count). The Morgan fingerprint density at radius 2 is 2.29 bits per heavy atom. The lowest BCUT2D eigenvalue weighted by atomic mass is 10.1. The standard InChI is InChI=1S/C15H19ClN2O3/c1-3-18-7-8-21-15(20)13(18)9-14(19)17-12-6-4-5-11(16)10(12)2/h4-6,13H,3,7-9H2,1-2H3,(H,17,19)/t13-/m0/s1. The first kappa shape index (κ1) is 15.8. The molecule has 1 aromatic carbocycles. The number of amides is 1. The van der Waals surface area contributed by atoms with Crippen molar-refractivity contribution in [2.45, 2.75) is 26.3 Å². The zero-order valence-corrected chi connectivity index (χ0v) is 12.9. The predicted octanol–water partition coefficient (Wildman–Crippen LogP) is 2.22. The van der Waals surface area contributed by atoms with Gasteiger partial charge in [-0.1, -0.05) is 24.6 Å². The van der Waals surface area contributed by atoms with Gasteiger partial charge in [0, 0.05) is 17.3 Å².